The normalized spacial score (nSPS) is 12.8. The minimum absolute atomic E-state index is 0.335. The van der Waals surface area contributed by atoms with Gasteiger partial charge in [0, 0.05) is 0 Å². The van der Waals surface area contributed by atoms with Crippen molar-refractivity contribution < 1.29 is 15.2 Å². The topological polar surface area (TPSA) is 46.1 Å². The fourth-order valence-corrected chi connectivity index (χ4v) is 1.95. The Morgan fingerprint density at radius 3 is 2.58 bits per heavy atom. The summed E-state index contributed by atoms with van der Waals surface area (Å²) in [5.74, 6) is 0.808. The molecule has 0 unspecified atom stereocenters. The molecule has 3 heteroatoms. The van der Waals surface area contributed by atoms with E-state index in [9.17, 15) is 5.11 Å². The van der Waals surface area contributed by atoms with E-state index in [1.807, 2.05) is 30.3 Å². The zero-order valence-electron chi connectivity index (χ0n) is 11.5. The fourth-order valence-electron chi connectivity index (χ4n) is 1.95. The lowest BCUT2D eigenvalue weighted by molar-refractivity contribution is -0.688. The smallest absolute Gasteiger partial charge is 0.137 e. The van der Waals surface area contributed by atoms with Gasteiger partial charge in [0.15, 0.2) is 0 Å². The second kappa shape index (κ2) is 6.55. The van der Waals surface area contributed by atoms with Gasteiger partial charge in [-0.25, -0.2) is 0 Å². The fraction of sp³-hybridized carbons (Fsp3) is 0.375. The molecule has 102 valence electrons. The van der Waals surface area contributed by atoms with Crippen molar-refractivity contribution in [3.63, 3.8) is 0 Å². The number of aliphatic hydroxyl groups excluding tert-OH is 1. The molecule has 0 radical (unpaired) electrons. The molecule has 0 fully saturated rings. The first-order valence-corrected chi connectivity index (χ1v) is 6.78. The maximum Gasteiger partial charge on any atom is 0.137 e. The van der Waals surface area contributed by atoms with Gasteiger partial charge in [0.1, 0.15) is 25.0 Å². The van der Waals surface area contributed by atoms with Crippen molar-refractivity contribution in [2.45, 2.75) is 26.0 Å². The summed E-state index contributed by atoms with van der Waals surface area (Å²) < 4.78 is 5.64. The molecule has 3 N–H and O–H groups in total. The van der Waals surface area contributed by atoms with Gasteiger partial charge in [0.2, 0.25) is 0 Å². The van der Waals surface area contributed by atoms with E-state index in [0.717, 1.165) is 11.1 Å². The molecule has 0 aromatic heterocycles. The highest BCUT2D eigenvalue weighted by molar-refractivity contribution is 5.83. The number of fused-ring (bicyclic) bond motifs is 1. The van der Waals surface area contributed by atoms with Gasteiger partial charge in [0.25, 0.3) is 0 Å². The summed E-state index contributed by atoms with van der Waals surface area (Å²) in [6.45, 7) is 5.22. The monoisotopic (exact) mass is 260 g/mol. The van der Waals surface area contributed by atoms with Crippen LogP contribution in [0.3, 0.4) is 0 Å². The molecule has 0 heterocycles. The molecule has 0 aliphatic rings. The summed E-state index contributed by atoms with van der Waals surface area (Å²) >= 11 is 0. The predicted octanol–water partition coefficient (Wildman–Crippen LogP) is 1.55. The van der Waals surface area contributed by atoms with Gasteiger partial charge in [-0.05, 0) is 36.8 Å². The van der Waals surface area contributed by atoms with E-state index in [1.165, 1.54) is 5.39 Å². The van der Waals surface area contributed by atoms with Crippen LogP contribution in [0.15, 0.2) is 42.5 Å². The molecule has 0 bridgehead atoms. The van der Waals surface area contributed by atoms with Crippen LogP contribution in [0.4, 0.5) is 0 Å². The maximum absolute atomic E-state index is 9.82. The third-order valence-corrected chi connectivity index (χ3v) is 3.04. The standard InChI is InChI=1S/C16H21NO2/c1-12(2)17-10-15(18)11-19-16-8-7-13-5-3-4-6-14(13)9-16/h3-9,12,15,17-18H,10-11H2,1-2H3/p+1/t15-/m0/s1. The molecule has 0 aliphatic carbocycles. The van der Waals surface area contributed by atoms with Crippen LogP contribution in [-0.2, 0) is 0 Å². The van der Waals surface area contributed by atoms with Gasteiger partial charge in [0.05, 0.1) is 6.04 Å². The molecule has 2 aromatic rings. The summed E-state index contributed by atoms with van der Waals surface area (Å²) in [7, 11) is 0. The van der Waals surface area contributed by atoms with Gasteiger partial charge in [-0.1, -0.05) is 30.3 Å². The van der Waals surface area contributed by atoms with Crippen molar-refractivity contribution in [2.24, 2.45) is 0 Å². The molecule has 2 rings (SSSR count). The van der Waals surface area contributed by atoms with Crippen LogP contribution in [0.2, 0.25) is 0 Å². The summed E-state index contributed by atoms with van der Waals surface area (Å²) in [6.07, 6.45) is -0.436. The Balaban J connectivity index is 1.90. The van der Waals surface area contributed by atoms with E-state index in [0.29, 0.717) is 19.2 Å². The van der Waals surface area contributed by atoms with Gasteiger partial charge in [-0.3, -0.25) is 0 Å². The lowest BCUT2D eigenvalue weighted by Crippen LogP contribution is -2.90. The van der Waals surface area contributed by atoms with Gasteiger partial charge in [-0.15, -0.1) is 0 Å². The molecule has 0 amide bonds. The summed E-state index contributed by atoms with van der Waals surface area (Å²) in [5.41, 5.74) is 0. The Morgan fingerprint density at radius 2 is 1.84 bits per heavy atom. The summed E-state index contributed by atoms with van der Waals surface area (Å²) in [6, 6.07) is 14.7. The van der Waals surface area contributed by atoms with Crippen molar-refractivity contribution in [3.05, 3.63) is 42.5 Å². The number of rotatable bonds is 6. The molecule has 0 saturated heterocycles. The molecule has 3 nitrogen and oxygen atoms in total. The molecule has 0 aliphatic heterocycles. The molecule has 2 aromatic carbocycles. The number of hydrogen-bond donors (Lipinski definition) is 2. The SMILES string of the molecule is CC(C)[NH2+]C[C@H](O)COc1ccc2ccccc2c1. The number of nitrogens with two attached hydrogens (primary N) is 1. The lowest BCUT2D eigenvalue weighted by Gasteiger charge is -2.13. The second-order valence-corrected chi connectivity index (χ2v) is 5.19. The second-order valence-electron chi connectivity index (χ2n) is 5.19. The number of quaternary nitrogens is 1. The first kappa shape index (κ1) is 13.8. The van der Waals surface area contributed by atoms with Gasteiger partial charge >= 0.3 is 0 Å². The Labute approximate surface area is 114 Å². The third-order valence-electron chi connectivity index (χ3n) is 3.04. The molecule has 0 spiro atoms. The lowest BCUT2D eigenvalue weighted by atomic mass is 10.1. The molecular formula is C16H22NO2+. The molecular weight excluding hydrogens is 238 g/mol. The maximum atomic E-state index is 9.82. The third kappa shape index (κ3) is 4.23. The average Bonchev–Trinajstić information content (AvgIpc) is 2.42. The van der Waals surface area contributed by atoms with Crippen LogP contribution in [0.1, 0.15) is 13.8 Å². The highest BCUT2D eigenvalue weighted by Crippen LogP contribution is 2.20. The first-order chi connectivity index (χ1) is 9.15. The highest BCUT2D eigenvalue weighted by atomic mass is 16.5. The first-order valence-electron chi connectivity index (χ1n) is 6.78. The van der Waals surface area contributed by atoms with E-state index in [1.54, 1.807) is 0 Å². The number of ether oxygens (including phenoxy) is 1. The van der Waals surface area contributed by atoms with Gasteiger partial charge in [-0.2, -0.15) is 0 Å². The van der Waals surface area contributed by atoms with Crippen LogP contribution >= 0.6 is 0 Å². The Kier molecular flexibility index (Phi) is 4.77. The van der Waals surface area contributed by atoms with Crippen molar-refractivity contribution in [2.75, 3.05) is 13.2 Å². The highest BCUT2D eigenvalue weighted by Gasteiger charge is 2.08. The van der Waals surface area contributed by atoms with Gasteiger partial charge < -0.3 is 15.2 Å². The number of aliphatic hydroxyl groups is 1. The van der Waals surface area contributed by atoms with Crippen LogP contribution in [0, 0.1) is 0 Å². The van der Waals surface area contributed by atoms with E-state index in [-0.39, 0.29) is 0 Å². The van der Waals surface area contributed by atoms with Crippen molar-refractivity contribution in [1.82, 2.24) is 0 Å². The van der Waals surface area contributed by atoms with E-state index >= 15 is 0 Å². The van der Waals surface area contributed by atoms with E-state index < -0.39 is 6.10 Å². The average molecular weight is 260 g/mol. The van der Waals surface area contributed by atoms with Crippen molar-refractivity contribution in [3.8, 4) is 5.75 Å². The Morgan fingerprint density at radius 1 is 1.11 bits per heavy atom. The quantitative estimate of drug-likeness (QED) is 0.828. The Hall–Kier alpha value is -1.58. The van der Waals surface area contributed by atoms with Crippen LogP contribution < -0.4 is 10.1 Å². The summed E-state index contributed by atoms with van der Waals surface area (Å²) in [5, 5.41) is 14.3. The minimum Gasteiger partial charge on any atom is -0.491 e. The van der Waals surface area contributed by atoms with E-state index in [4.69, 9.17) is 4.74 Å². The largest absolute Gasteiger partial charge is 0.491 e. The van der Waals surface area contributed by atoms with Crippen LogP contribution in [0.25, 0.3) is 10.8 Å². The Bertz CT molecular complexity index is 525. The predicted molar refractivity (Wildman–Crippen MR) is 77.4 cm³/mol. The zero-order valence-corrected chi connectivity index (χ0v) is 11.5. The molecule has 1 atom stereocenters. The number of hydrogen-bond acceptors (Lipinski definition) is 2. The summed E-state index contributed by atoms with van der Waals surface area (Å²) in [4.78, 5) is 0. The van der Waals surface area contributed by atoms with E-state index in [2.05, 4.69) is 31.3 Å². The van der Waals surface area contributed by atoms with Crippen LogP contribution in [0.5, 0.6) is 5.75 Å². The van der Waals surface area contributed by atoms with Crippen molar-refractivity contribution in [1.29, 1.82) is 0 Å². The zero-order chi connectivity index (χ0) is 13.7. The van der Waals surface area contributed by atoms with Crippen LogP contribution in [-0.4, -0.2) is 30.4 Å². The molecule has 0 saturated carbocycles. The molecule has 19 heavy (non-hydrogen) atoms. The minimum atomic E-state index is -0.436. The number of benzene rings is 2. The van der Waals surface area contributed by atoms with Crippen molar-refractivity contribution >= 4 is 10.8 Å².